The number of nitrogens with zero attached hydrogens (tertiary/aromatic N) is 2. The lowest BCUT2D eigenvalue weighted by Crippen LogP contribution is -2.42. The molecule has 1 aromatic heterocycles. The van der Waals surface area contributed by atoms with Crippen LogP contribution in [0.1, 0.15) is 38.2 Å². The lowest BCUT2D eigenvalue weighted by Gasteiger charge is -2.37. The molecule has 0 unspecified atom stereocenters. The minimum atomic E-state index is -4.37. The molecule has 0 saturated heterocycles. The Bertz CT molecular complexity index is 440. The van der Waals surface area contributed by atoms with Crippen molar-refractivity contribution in [2.75, 3.05) is 11.4 Å². The predicted molar refractivity (Wildman–Crippen MR) is 72.5 cm³/mol. The van der Waals surface area contributed by atoms with E-state index >= 15 is 0 Å². The molecule has 0 atom stereocenters. The van der Waals surface area contributed by atoms with Crippen LogP contribution < -0.4 is 10.6 Å². The van der Waals surface area contributed by atoms with E-state index in [0.29, 0.717) is 6.54 Å². The van der Waals surface area contributed by atoms with Gasteiger partial charge in [-0.2, -0.15) is 13.2 Å². The van der Waals surface area contributed by atoms with Crippen LogP contribution in [0.2, 0.25) is 0 Å². The van der Waals surface area contributed by atoms with Gasteiger partial charge in [0.2, 0.25) is 0 Å². The van der Waals surface area contributed by atoms with E-state index < -0.39 is 11.7 Å². The monoisotopic (exact) mass is 287 g/mol. The van der Waals surface area contributed by atoms with Crippen molar-refractivity contribution in [1.29, 1.82) is 0 Å². The number of alkyl halides is 3. The van der Waals surface area contributed by atoms with Crippen LogP contribution in [0.25, 0.3) is 0 Å². The smallest absolute Gasteiger partial charge is 0.353 e. The minimum Gasteiger partial charge on any atom is -0.353 e. The summed E-state index contributed by atoms with van der Waals surface area (Å²) in [6, 6.07) is 2.70. The molecule has 20 heavy (non-hydrogen) atoms. The molecule has 0 radical (unpaired) electrons. The van der Waals surface area contributed by atoms with Crippen molar-refractivity contribution in [1.82, 2.24) is 4.98 Å². The second kappa shape index (κ2) is 5.99. The molecular formula is C14H20F3N3. The SMILES string of the molecule is CCN(c1ncccc1C(F)(F)F)C1CCC(N)CC1. The fraction of sp³-hybridized carbons (Fsp3) is 0.643. The zero-order valence-electron chi connectivity index (χ0n) is 11.5. The molecule has 6 heteroatoms. The first-order valence-electron chi connectivity index (χ1n) is 6.98. The number of hydrogen-bond donors (Lipinski definition) is 1. The van der Waals surface area contributed by atoms with Crippen LogP contribution in [-0.4, -0.2) is 23.6 Å². The summed E-state index contributed by atoms with van der Waals surface area (Å²) >= 11 is 0. The standard InChI is InChI=1S/C14H20F3N3/c1-2-20(11-7-5-10(18)6-8-11)13-12(14(15,16)17)4-3-9-19-13/h3-4,9-11H,2,5-8,18H2,1H3. The van der Waals surface area contributed by atoms with Crippen molar-refractivity contribution in [2.45, 2.75) is 50.9 Å². The molecule has 3 nitrogen and oxygen atoms in total. The van der Waals surface area contributed by atoms with Gasteiger partial charge in [0.25, 0.3) is 0 Å². The van der Waals surface area contributed by atoms with Gasteiger partial charge in [0.05, 0.1) is 5.56 Å². The molecule has 1 aromatic rings. The van der Waals surface area contributed by atoms with Crippen LogP contribution in [0.5, 0.6) is 0 Å². The van der Waals surface area contributed by atoms with Crippen molar-refractivity contribution in [3.8, 4) is 0 Å². The van der Waals surface area contributed by atoms with Crippen molar-refractivity contribution >= 4 is 5.82 Å². The highest BCUT2D eigenvalue weighted by atomic mass is 19.4. The molecule has 1 heterocycles. The van der Waals surface area contributed by atoms with E-state index in [2.05, 4.69) is 4.98 Å². The molecule has 1 fully saturated rings. The van der Waals surface area contributed by atoms with Crippen LogP contribution in [0.4, 0.5) is 19.0 Å². The quantitative estimate of drug-likeness (QED) is 0.928. The Morgan fingerprint density at radius 2 is 1.95 bits per heavy atom. The van der Waals surface area contributed by atoms with Crippen molar-refractivity contribution in [3.63, 3.8) is 0 Å². The van der Waals surface area contributed by atoms with Gasteiger partial charge >= 0.3 is 6.18 Å². The Kier molecular flexibility index (Phi) is 4.52. The molecule has 0 spiro atoms. The van der Waals surface area contributed by atoms with E-state index in [1.165, 1.54) is 12.3 Å². The summed E-state index contributed by atoms with van der Waals surface area (Å²) < 4.78 is 39.3. The molecule has 1 aliphatic rings. The average Bonchev–Trinajstić information content (AvgIpc) is 2.41. The summed E-state index contributed by atoms with van der Waals surface area (Å²) in [6.45, 7) is 2.38. The highest BCUT2D eigenvalue weighted by Gasteiger charge is 2.37. The summed E-state index contributed by atoms with van der Waals surface area (Å²) in [6.07, 6.45) is 0.403. The molecule has 1 aliphatic carbocycles. The van der Waals surface area contributed by atoms with Crippen molar-refractivity contribution in [2.24, 2.45) is 5.73 Å². The van der Waals surface area contributed by atoms with Gasteiger partial charge < -0.3 is 10.6 Å². The molecule has 0 amide bonds. The van der Waals surface area contributed by atoms with E-state index in [1.807, 2.05) is 6.92 Å². The summed E-state index contributed by atoms with van der Waals surface area (Å²) in [5.74, 6) is 0.0444. The number of hydrogen-bond acceptors (Lipinski definition) is 3. The van der Waals surface area contributed by atoms with E-state index in [4.69, 9.17) is 5.73 Å². The zero-order chi connectivity index (χ0) is 14.8. The Hall–Kier alpha value is -1.30. The van der Waals surface area contributed by atoms with Gasteiger partial charge in [-0.25, -0.2) is 4.98 Å². The molecule has 1 saturated carbocycles. The summed E-state index contributed by atoms with van der Waals surface area (Å²) in [7, 11) is 0. The maximum atomic E-state index is 13.1. The normalized spacial score (nSPS) is 23.6. The highest BCUT2D eigenvalue weighted by molar-refractivity contribution is 5.49. The average molecular weight is 287 g/mol. The van der Waals surface area contributed by atoms with Gasteiger partial charge in [0, 0.05) is 24.8 Å². The van der Waals surface area contributed by atoms with Crippen LogP contribution in [0.15, 0.2) is 18.3 Å². The minimum absolute atomic E-state index is 0.0444. The fourth-order valence-corrected chi connectivity index (χ4v) is 2.84. The maximum Gasteiger partial charge on any atom is 0.419 e. The van der Waals surface area contributed by atoms with Crippen LogP contribution in [-0.2, 0) is 6.18 Å². The lowest BCUT2D eigenvalue weighted by atomic mass is 9.90. The third-order valence-electron chi connectivity index (χ3n) is 3.89. The molecule has 0 bridgehead atoms. The fourth-order valence-electron chi connectivity index (χ4n) is 2.84. The predicted octanol–water partition coefficient (Wildman–Crippen LogP) is 3.20. The molecule has 2 N–H and O–H groups in total. The first-order valence-corrected chi connectivity index (χ1v) is 6.98. The van der Waals surface area contributed by atoms with Gasteiger partial charge in [0.15, 0.2) is 0 Å². The number of pyridine rings is 1. The molecule has 0 aliphatic heterocycles. The maximum absolute atomic E-state index is 13.1. The topological polar surface area (TPSA) is 42.2 Å². The Labute approximate surface area is 117 Å². The summed E-state index contributed by atoms with van der Waals surface area (Å²) in [5, 5.41) is 0. The van der Waals surface area contributed by atoms with Gasteiger partial charge in [-0.05, 0) is 44.7 Å². The Morgan fingerprint density at radius 1 is 1.30 bits per heavy atom. The largest absolute Gasteiger partial charge is 0.419 e. The van der Waals surface area contributed by atoms with E-state index in [1.54, 1.807) is 4.90 Å². The number of anilines is 1. The van der Waals surface area contributed by atoms with Gasteiger partial charge in [-0.1, -0.05) is 0 Å². The summed E-state index contributed by atoms with van der Waals surface area (Å²) in [4.78, 5) is 5.76. The second-order valence-electron chi connectivity index (χ2n) is 5.23. The van der Waals surface area contributed by atoms with E-state index in [-0.39, 0.29) is 17.9 Å². The Balaban J connectivity index is 2.28. The first kappa shape index (κ1) is 15.1. The van der Waals surface area contributed by atoms with Crippen LogP contribution in [0, 0.1) is 0 Å². The van der Waals surface area contributed by atoms with Gasteiger partial charge in [-0.3, -0.25) is 0 Å². The molecular weight excluding hydrogens is 267 g/mol. The third kappa shape index (κ3) is 3.23. The Morgan fingerprint density at radius 3 is 2.50 bits per heavy atom. The van der Waals surface area contributed by atoms with Crippen molar-refractivity contribution in [3.05, 3.63) is 23.9 Å². The first-order chi connectivity index (χ1) is 9.43. The second-order valence-corrected chi connectivity index (χ2v) is 5.23. The molecule has 112 valence electrons. The van der Waals surface area contributed by atoms with Gasteiger partial charge in [-0.15, -0.1) is 0 Å². The molecule has 0 aromatic carbocycles. The van der Waals surface area contributed by atoms with E-state index in [9.17, 15) is 13.2 Å². The number of rotatable bonds is 3. The van der Waals surface area contributed by atoms with Crippen LogP contribution in [0.3, 0.4) is 0 Å². The zero-order valence-corrected chi connectivity index (χ0v) is 11.5. The highest BCUT2D eigenvalue weighted by Crippen LogP contribution is 2.37. The van der Waals surface area contributed by atoms with Gasteiger partial charge in [0.1, 0.15) is 5.82 Å². The number of nitrogens with two attached hydrogens (primary N) is 1. The van der Waals surface area contributed by atoms with E-state index in [0.717, 1.165) is 31.7 Å². The number of halogens is 3. The van der Waals surface area contributed by atoms with Crippen molar-refractivity contribution < 1.29 is 13.2 Å². The molecule has 2 rings (SSSR count). The number of aromatic nitrogens is 1. The lowest BCUT2D eigenvalue weighted by molar-refractivity contribution is -0.137. The third-order valence-corrected chi connectivity index (χ3v) is 3.89. The van der Waals surface area contributed by atoms with Crippen LogP contribution >= 0.6 is 0 Å². The summed E-state index contributed by atoms with van der Waals surface area (Å²) in [5.41, 5.74) is 5.21.